The van der Waals surface area contributed by atoms with Gasteiger partial charge in [0.05, 0.1) is 0 Å². The second-order valence-electron chi connectivity index (χ2n) is 4.51. The van der Waals surface area contributed by atoms with Crippen LogP contribution in [0.2, 0.25) is 0 Å². The summed E-state index contributed by atoms with van der Waals surface area (Å²) < 4.78 is 0. The van der Waals surface area contributed by atoms with E-state index in [1.54, 1.807) is 0 Å². The van der Waals surface area contributed by atoms with E-state index < -0.39 is 0 Å². The maximum Gasteiger partial charge on any atom is -0.0288 e. The van der Waals surface area contributed by atoms with Crippen LogP contribution in [0.1, 0.15) is 59.8 Å². The Balaban J connectivity index is 3.70. The van der Waals surface area contributed by atoms with Crippen LogP contribution < -0.4 is 0 Å². The maximum absolute atomic E-state index is 4.02. The lowest BCUT2D eigenvalue weighted by atomic mass is 10.1. The molecule has 0 N–H and O–H groups in total. The molecule has 0 aliphatic heterocycles. The minimum absolute atomic E-state index is 1.12. The van der Waals surface area contributed by atoms with Gasteiger partial charge in [0.2, 0.25) is 0 Å². The first-order chi connectivity index (χ1) is 7.06. The highest BCUT2D eigenvalue weighted by atomic mass is 14.0. The third-order valence-corrected chi connectivity index (χ3v) is 2.58. The average Bonchev–Trinajstić information content (AvgIpc) is 2.17. The Labute approximate surface area is 95.8 Å². The topological polar surface area (TPSA) is 0 Å². The highest BCUT2D eigenvalue weighted by Gasteiger charge is 1.91. The van der Waals surface area contributed by atoms with Gasteiger partial charge in [0.1, 0.15) is 0 Å². The molecular formula is C15H26. The molecule has 0 fully saturated rings. The van der Waals surface area contributed by atoms with Gasteiger partial charge in [-0.05, 0) is 52.9 Å². The molecule has 0 aromatic heterocycles. The van der Waals surface area contributed by atoms with E-state index in [-0.39, 0.29) is 0 Å². The molecule has 0 nitrogen and oxygen atoms in total. The lowest BCUT2D eigenvalue weighted by Crippen LogP contribution is -1.81. The van der Waals surface area contributed by atoms with Crippen molar-refractivity contribution in [3.8, 4) is 0 Å². The summed E-state index contributed by atoms with van der Waals surface area (Å²) >= 11 is 0. The van der Waals surface area contributed by atoms with Crippen LogP contribution in [0.3, 0.4) is 0 Å². The van der Waals surface area contributed by atoms with Gasteiger partial charge in [-0.15, -0.1) is 0 Å². The number of allylic oxidation sites excluding steroid dienone is 5. The summed E-state index contributed by atoms with van der Waals surface area (Å²) in [6.07, 6.45) is 10.5. The monoisotopic (exact) mass is 206 g/mol. The van der Waals surface area contributed by atoms with Crippen molar-refractivity contribution >= 4 is 0 Å². The first-order valence-electron chi connectivity index (χ1n) is 6.02. The van der Waals surface area contributed by atoms with E-state index >= 15 is 0 Å². The van der Waals surface area contributed by atoms with E-state index in [0.29, 0.717) is 0 Å². The highest BCUT2D eigenvalue weighted by Crippen LogP contribution is 2.11. The van der Waals surface area contributed by atoms with Gasteiger partial charge in [-0.25, -0.2) is 0 Å². The fourth-order valence-electron chi connectivity index (χ4n) is 1.39. The van der Waals surface area contributed by atoms with Crippen LogP contribution in [0.15, 0.2) is 35.5 Å². The first-order valence-corrected chi connectivity index (χ1v) is 6.02. The van der Waals surface area contributed by atoms with Crippen molar-refractivity contribution in [3.05, 3.63) is 35.5 Å². The number of hydrogen-bond acceptors (Lipinski definition) is 0. The summed E-state index contributed by atoms with van der Waals surface area (Å²) in [5.41, 5.74) is 4.29. The lowest BCUT2D eigenvalue weighted by Gasteiger charge is -2.01. The fraction of sp³-hybridized carbons (Fsp3) is 0.600. The molecule has 0 saturated carbocycles. The Kier molecular flexibility index (Phi) is 8.08. The molecule has 0 aromatic carbocycles. The molecule has 0 saturated heterocycles. The lowest BCUT2D eigenvalue weighted by molar-refractivity contribution is 0.889. The summed E-state index contributed by atoms with van der Waals surface area (Å²) in [6, 6.07) is 0. The van der Waals surface area contributed by atoms with Crippen molar-refractivity contribution in [2.24, 2.45) is 0 Å². The molecule has 0 aromatic rings. The fourth-order valence-corrected chi connectivity index (χ4v) is 1.39. The Morgan fingerprint density at radius 3 is 2.13 bits per heavy atom. The predicted molar refractivity (Wildman–Crippen MR) is 71.1 cm³/mol. The van der Waals surface area contributed by atoms with Gasteiger partial charge in [0.15, 0.2) is 0 Å². The smallest absolute Gasteiger partial charge is 0.0288 e. The standard InChI is InChI=1S/C15H26/c1-6-14(4)10-8-12-15(5)11-7-9-13(2)3/h9,12H,4,6-8,10-11H2,1-3,5H3. The zero-order valence-corrected chi connectivity index (χ0v) is 10.9. The van der Waals surface area contributed by atoms with Gasteiger partial charge < -0.3 is 0 Å². The number of hydrogen-bond donors (Lipinski definition) is 0. The molecule has 15 heavy (non-hydrogen) atoms. The molecule has 0 unspecified atom stereocenters. The molecule has 0 aliphatic rings. The normalized spacial score (nSPS) is 11.3. The minimum atomic E-state index is 1.12. The van der Waals surface area contributed by atoms with Crippen LogP contribution >= 0.6 is 0 Å². The molecule has 0 heterocycles. The largest absolute Gasteiger partial charge is 0.0999 e. The molecule has 0 bridgehead atoms. The Bertz CT molecular complexity index is 237. The molecule has 0 radical (unpaired) electrons. The zero-order valence-electron chi connectivity index (χ0n) is 10.9. The Morgan fingerprint density at radius 2 is 1.60 bits per heavy atom. The van der Waals surface area contributed by atoms with Crippen LogP contribution in [-0.4, -0.2) is 0 Å². The Hall–Kier alpha value is -0.780. The summed E-state index contributed by atoms with van der Waals surface area (Å²) in [4.78, 5) is 0. The molecule has 0 amide bonds. The zero-order chi connectivity index (χ0) is 11.7. The van der Waals surface area contributed by atoms with Crippen molar-refractivity contribution in [3.63, 3.8) is 0 Å². The van der Waals surface area contributed by atoms with Crippen molar-refractivity contribution in [2.75, 3.05) is 0 Å². The second-order valence-corrected chi connectivity index (χ2v) is 4.51. The molecule has 0 spiro atoms. The average molecular weight is 206 g/mol. The van der Waals surface area contributed by atoms with E-state index in [1.807, 2.05) is 0 Å². The third kappa shape index (κ3) is 9.52. The maximum atomic E-state index is 4.02. The quantitative estimate of drug-likeness (QED) is 0.487. The van der Waals surface area contributed by atoms with Crippen molar-refractivity contribution in [1.82, 2.24) is 0 Å². The highest BCUT2D eigenvalue weighted by molar-refractivity contribution is 5.04. The van der Waals surface area contributed by atoms with Crippen molar-refractivity contribution in [2.45, 2.75) is 59.8 Å². The van der Waals surface area contributed by atoms with Crippen LogP contribution in [0.5, 0.6) is 0 Å². The molecule has 0 aliphatic carbocycles. The van der Waals surface area contributed by atoms with Crippen LogP contribution in [0.4, 0.5) is 0 Å². The van der Waals surface area contributed by atoms with Gasteiger partial charge in [-0.1, -0.05) is 42.4 Å². The summed E-state index contributed by atoms with van der Waals surface area (Å²) in [5.74, 6) is 0. The third-order valence-electron chi connectivity index (χ3n) is 2.58. The van der Waals surface area contributed by atoms with E-state index in [2.05, 4.69) is 46.4 Å². The second kappa shape index (κ2) is 8.52. The molecule has 0 rings (SSSR count). The number of rotatable bonds is 7. The van der Waals surface area contributed by atoms with Gasteiger partial charge in [-0.3, -0.25) is 0 Å². The summed E-state index contributed by atoms with van der Waals surface area (Å²) in [5, 5.41) is 0. The minimum Gasteiger partial charge on any atom is -0.0999 e. The molecule has 86 valence electrons. The van der Waals surface area contributed by atoms with E-state index in [4.69, 9.17) is 0 Å². The van der Waals surface area contributed by atoms with Crippen LogP contribution in [0.25, 0.3) is 0 Å². The summed E-state index contributed by atoms with van der Waals surface area (Å²) in [7, 11) is 0. The van der Waals surface area contributed by atoms with Crippen LogP contribution in [0, 0.1) is 0 Å². The van der Waals surface area contributed by atoms with Crippen molar-refractivity contribution in [1.29, 1.82) is 0 Å². The van der Waals surface area contributed by atoms with E-state index in [1.165, 1.54) is 29.6 Å². The van der Waals surface area contributed by atoms with E-state index in [0.717, 1.165) is 19.3 Å². The SMILES string of the molecule is C=C(CC)CCC=C(C)CCC=C(C)C. The summed E-state index contributed by atoms with van der Waals surface area (Å²) in [6.45, 7) is 12.7. The van der Waals surface area contributed by atoms with E-state index in [9.17, 15) is 0 Å². The Morgan fingerprint density at radius 1 is 1.00 bits per heavy atom. The van der Waals surface area contributed by atoms with Crippen LogP contribution in [-0.2, 0) is 0 Å². The van der Waals surface area contributed by atoms with Gasteiger partial charge >= 0.3 is 0 Å². The first kappa shape index (κ1) is 14.2. The predicted octanol–water partition coefficient (Wildman–Crippen LogP) is 5.43. The van der Waals surface area contributed by atoms with Crippen molar-refractivity contribution < 1.29 is 0 Å². The van der Waals surface area contributed by atoms with Gasteiger partial charge in [-0.2, -0.15) is 0 Å². The van der Waals surface area contributed by atoms with Gasteiger partial charge in [0, 0.05) is 0 Å². The molecular weight excluding hydrogens is 180 g/mol. The van der Waals surface area contributed by atoms with Gasteiger partial charge in [0.25, 0.3) is 0 Å². The molecule has 0 heteroatoms. The molecule has 0 atom stereocenters.